The lowest BCUT2D eigenvalue weighted by molar-refractivity contribution is -0.120. The van der Waals surface area contributed by atoms with Gasteiger partial charge in [0.2, 0.25) is 5.91 Å². The maximum Gasteiger partial charge on any atom is 0.221 e. The summed E-state index contributed by atoms with van der Waals surface area (Å²) in [7, 11) is -3.22. The molecule has 1 rings (SSSR count). The van der Waals surface area contributed by atoms with Crippen LogP contribution >= 0.6 is 0 Å². The Hall–Kier alpha value is -1.36. The third kappa shape index (κ3) is 6.96. The number of unbranched alkanes of at least 4 members (excludes halogenated alkanes) is 1. The summed E-state index contributed by atoms with van der Waals surface area (Å²) in [4.78, 5) is 11.4. The van der Waals surface area contributed by atoms with Gasteiger partial charge in [-0.15, -0.1) is 0 Å². The summed E-state index contributed by atoms with van der Waals surface area (Å²) in [6, 6.07) is 9.01. The Kier molecular flexibility index (Phi) is 6.56. The lowest BCUT2D eigenvalue weighted by Crippen LogP contribution is -2.26. The van der Waals surface area contributed by atoms with Crippen molar-refractivity contribution in [2.24, 2.45) is 0 Å². The Morgan fingerprint density at radius 3 is 2.53 bits per heavy atom. The molecule has 0 spiro atoms. The van der Waals surface area contributed by atoms with Crippen LogP contribution in [0, 0.1) is 0 Å². The van der Waals surface area contributed by atoms with Crippen LogP contribution in [-0.2, 0) is 20.4 Å². The minimum absolute atomic E-state index is 0.00389. The van der Waals surface area contributed by atoms with E-state index in [-0.39, 0.29) is 23.8 Å². The summed E-state index contributed by atoms with van der Waals surface area (Å²) in [5, 5.41) is 2.72. The SMILES string of the molecule is CCCCNC(=O)CCS(=O)(=O)Cc1ccccc1. The predicted molar refractivity (Wildman–Crippen MR) is 76.5 cm³/mol. The monoisotopic (exact) mass is 283 g/mol. The normalized spacial score (nSPS) is 11.2. The van der Waals surface area contributed by atoms with E-state index in [9.17, 15) is 13.2 Å². The average Bonchev–Trinajstić information content (AvgIpc) is 2.38. The standard InChI is InChI=1S/C14H21NO3S/c1-2-3-10-15-14(16)9-11-19(17,18)12-13-7-5-4-6-8-13/h4-8H,2-3,9-12H2,1H3,(H,15,16). The number of hydrogen-bond acceptors (Lipinski definition) is 3. The first-order valence-electron chi connectivity index (χ1n) is 6.54. The van der Waals surface area contributed by atoms with Crippen LogP contribution in [0.3, 0.4) is 0 Å². The number of amides is 1. The molecule has 4 nitrogen and oxygen atoms in total. The largest absolute Gasteiger partial charge is 0.356 e. The van der Waals surface area contributed by atoms with Crippen molar-refractivity contribution in [2.75, 3.05) is 12.3 Å². The van der Waals surface area contributed by atoms with Crippen LogP contribution < -0.4 is 5.32 Å². The van der Waals surface area contributed by atoms with Crippen molar-refractivity contribution >= 4 is 15.7 Å². The molecule has 0 aromatic heterocycles. The lowest BCUT2D eigenvalue weighted by Gasteiger charge is -2.06. The molecule has 0 aliphatic rings. The molecule has 0 bridgehead atoms. The molecule has 1 aromatic rings. The second-order valence-corrected chi connectivity index (χ2v) is 6.72. The third-order valence-corrected chi connectivity index (χ3v) is 4.32. The van der Waals surface area contributed by atoms with Gasteiger partial charge in [-0.05, 0) is 12.0 Å². The zero-order chi connectivity index (χ0) is 14.1. The van der Waals surface area contributed by atoms with Gasteiger partial charge in [-0.3, -0.25) is 4.79 Å². The van der Waals surface area contributed by atoms with E-state index in [1.165, 1.54) is 0 Å². The van der Waals surface area contributed by atoms with E-state index in [0.717, 1.165) is 18.4 Å². The highest BCUT2D eigenvalue weighted by Gasteiger charge is 2.14. The average molecular weight is 283 g/mol. The first-order chi connectivity index (χ1) is 9.03. The van der Waals surface area contributed by atoms with Gasteiger partial charge >= 0.3 is 0 Å². The molecule has 1 N–H and O–H groups in total. The second-order valence-electron chi connectivity index (χ2n) is 4.53. The molecule has 0 unspecified atom stereocenters. The summed E-state index contributed by atoms with van der Waals surface area (Å²) in [5.74, 6) is -0.291. The summed E-state index contributed by atoms with van der Waals surface area (Å²) >= 11 is 0. The van der Waals surface area contributed by atoms with Crippen molar-refractivity contribution in [3.8, 4) is 0 Å². The van der Waals surface area contributed by atoms with Crippen LogP contribution in [0.1, 0.15) is 31.7 Å². The van der Waals surface area contributed by atoms with Crippen LogP contribution in [0.4, 0.5) is 0 Å². The molecule has 106 valence electrons. The number of sulfone groups is 1. The zero-order valence-corrected chi connectivity index (χ0v) is 12.1. The summed E-state index contributed by atoms with van der Waals surface area (Å²) < 4.78 is 23.7. The number of nitrogens with one attached hydrogen (secondary N) is 1. The van der Waals surface area contributed by atoms with E-state index in [1.54, 1.807) is 12.1 Å². The van der Waals surface area contributed by atoms with Crippen molar-refractivity contribution in [1.82, 2.24) is 5.32 Å². The maximum atomic E-state index is 11.9. The van der Waals surface area contributed by atoms with Crippen molar-refractivity contribution in [1.29, 1.82) is 0 Å². The van der Waals surface area contributed by atoms with Crippen LogP contribution in [0.15, 0.2) is 30.3 Å². The van der Waals surface area contributed by atoms with Gasteiger partial charge in [0.1, 0.15) is 0 Å². The fraction of sp³-hybridized carbons (Fsp3) is 0.500. The molecule has 0 atom stereocenters. The van der Waals surface area contributed by atoms with Crippen molar-refractivity contribution in [3.05, 3.63) is 35.9 Å². The third-order valence-electron chi connectivity index (χ3n) is 2.72. The first-order valence-corrected chi connectivity index (χ1v) is 8.36. The number of carbonyl (C=O) groups excluding carboxylic acids is 1. The molecule has 19 heavy (non-hydrogen) atoms. The Morgan fingerprint density at radius 2 is 1.89 bits per heavy atom. The second kappa shape index (κ2) is 7.94. The van der Waals surface area contributed by atoms with Gasteiger partial charge in [0, 0.05) is 13.0 Å². The molecule has 0 aliphatic heterocycles. The van der Waals surface area contributed by atoms with E-state index in [0.29, 0.717) is 6.54 Å². The van der Waals surface area contributed by atoms with Crippen LogP contribution in [0.2, 0.25) is 0 Å². The quantitative estimate of drug-likeness (QED) is 0.741. The maximum absolute atomic E-state index is 11.9. The molecule has 5 heteroatoms. The summed E-state index contributed by atoms with van der Waals surface area (Å²) in [6.07, 6.45) is 1.97. The highest BCUT2D eigenvalue weighted by atomic mass is 32.2. The number of rotatable bonds is 8. The fourth-order valence-electron chi connectivity index (χ4n) is 1.64. The molecular weight excluding hydrogens is 262 g/mol. The molecule has 0 radical (unpaired) electrons. The molecule has 0 heterocycles. The van der Waals surface area contributed by atoms with Gasteiger partial charge in [0.05, 0.1) is 11.5 Å². The van der Waals surface area contributed by atoms with Gasteiger partial charge in [-0.1, -0.05) is 43.7 Å². The summed E-state index contributed by atoms with van der Waals surface area (Å²) in [6.45, 7) is 2.66. The van der Waals surface area contributed by atoms with Gasteiger partial charge in [0.25, 0.3) is 0 Å². The molecule has 0 saturated heterocycles. The van der Waals surface area contributed by atoms with Crippen molar-refractivity contribution in [3.63, 3.8) is 0 Å². The highest BCUT2D eigenvalue weighted by Crippen LogP contribution is 2.07. The Balaban J connectivity index is 2.37. The number of hydrogen-bond donors (Lipinski definition) is 1. The first kappa shape index (κ1) is 15.7. The van der Waals surface area contributed by atoms with E-state index in [2.05, 4.69) is 5.32 Å². The van der Waals surface area contributed by atoms with Gasteiger partial charge in [0.15, 0.2) is 9.84 Å². The number of benzene rings is 1. The number of carbonyl (C=O) groups is 1. The van der Waals surface area contributed by atoms with E-state index in [4.69, 9.17) is 0 Å². The van der Waals surface area contributed by atoms with Crippen LogP contribution in [0.25, 0.3) is 0 Å². The van der Waals surface area contributed by atoms with E-state index in [1.807, 2.05) is 25.1 Å². The van der Waals surface area contributed by atoms with E-state index >= 15 is 0 Å². The molecule has 0 saturated carbocycles. The smallest absolute Gasteiger partial charge is 0.221 e. The predicted octanol–water partition coefficient (Wildman–Crippen LogP) is 1.91. The van der Waals surface area contributed by atoms with Crippen molar-refractivity contribution < 1.29 is 13.2 Å². The molecule has 0 aliphatic carbocycles. The van der Waals surface area contributed by atoms with Crippen LogP contribution in [0.5, 0.6) is 0 Å². The van der Waals surface area contributed by atoms with Crippen LogP contribution in [-0.4, -0.2) is 26.6 Å². The highest BCUT2D eigenvalue weighted by molar-refractivity contribution is 7.90. The van der Waals surface area contributed by atoms with Gasteiger partial charge in [-0.2, -0.15) is 0 Å². The topological polar surface area (TPSA) is 63.2 Å². The lowest BCUT2D eigenvalue weighted by atomic mass is 10.2. The molecule has 0 fully saturated rings. The molecule has 1 amide bonds. The summed E-state index contributed by atoms with van der Waals surface area (Å²) in [5.41, 5.74) is 0.758. The Morgan fingerprint density at radius 1 is 1.21 bits per heavy atom. The molecule has 1 aromatic carbocycles. The van der Waals surface area contributed by atoms with Crippen molar-refractivity contribution in [2.45, 2.75) is 31.9 Å². The van der Waals surface area contributed by atoms with Gasteiger partial charge in [-0.25, -0.2) is 8.42 Å². The molecular formula is C14H21NO3S. The Bertz CT molecular complexity index is 483. The van der Waals surface area contributed by atoms with Gasteiger partial charge < -0.3 is 5.32 Å². The fourth-order valence-corrected chi connectivity index (χ4v) is 2.98. The Labute approximate surface area is 115 Å². The minimum atomic E-state index is -3.22. The van der Waals surface area contributed by atoms with E-state index < -0.39 is 9.84 Å². The zero-order valence-electron chi connectivity index (χ0n) is 11.3. The minimum Gasteiger partial charge on any atom is -0.356 e.